The standard InChI is InChI=1S/C22H26N6/c1-17-20(26-19-7-3-2-6-18(19)25-17)16-28-13-4-8-22(28)9-14-27(15-10-22)21-23-11-5-12-24-21/h2-3,5-7,11-12H,4,8-10,13-16H2,1H3. The number of likely N-dealkylation sites (tertiary alicyclic amines) is 1. The van der Waals surface area contributed by atoms with E-state index in [1.807, 2.05) is 36.7 Å². The van der Waals surface area contributed by atoms with Crippen molar-refractivity contribution in [2.75, 3.05) is 24.5 Å². The van der Waals surface area contributed by atoms with Gasteiger partial charge in [-0.05, 0) is 57.4 Å². The van der Waals surface area contributed by atoms with Gasteiger partial charge in [-0.2, -0.15) is 0 Å². The van der Waals surface area contributed by atoms with Gasteiger partial charge in [0.2, 0.25) is 5.95 Å². The topological polar surface area (TPSA) is 58.0 Å². The van der Waals surface area contributed by atoms with Gasteiger partial charge in [-0.25, -0.2) is 19.9 Å². The molecule has 4 heterocycles. The van der Waals surface area contributed by atoms with Crippen LogP contribution in [-0.2, 0) is 6.54 Å². The number of rotatable bonds is 3. The molecule has 1 spiro atoms. The van der Waals surface area contributed by atoms with Crippen LogP contribution in [-0.4, -0.2) is 50.0 Å². The van der Waals surface area contributed by atoms with Gasteiger partial charge in [0.1, 0.15) is 0 Å². The van der Waals surface area contributed by atoms with Crippen LogP contribution in [0, 0.1) is 6.92 Å². The maximum atomic E-state index is 4.94. The summed E-state index contributed by atoms with van der Waals surface area (Å²) >= 11 is 0. The molecule has 28 heavy (non-hydrogen) atoms. The molecule has 2 aromatic heterocycles. The van der Waals surface area contributed by atoms with E-state index in [1.165, 1.54) is 12.8 Å². The summed E-state index contributed by atoms with van der Waals surface area (Å²) in [5, 5.41) is 0. The molecule has 2 aliphatic rings. The number of hydrogen-bond donors (Lipinski definition) is 0. The first-order valence-corrected chi connectivity index (χ1v) is 10.2. The van der Waals surface area contributed by atoms with Crippen molar-refractivity contribution < 1.29 is 0 Å². The summed E-state index contributed by atoms with van der Waals surface area (Å²) in [6.07, 6.45) is 8.51. The normalized spacial score (nSPS) is 19.5. The first kappa shape index (κ1) is 17.5. The van der Waals surface area contributed by atoms with Crippen molar-refractivity contribution in [3.63, 3.8) is 0 Å². The minimum absolute atomic E-state index is 0.283. The fourth-order valence-corrected chi connectivity index (χ4v) is 4.84. The molecule has 144 valence electrons. The molecule has 0 N–H and O–H groups in total. The summed E-state index contributed by atoms with van der Waals surface area (Å²) in [5.74, 6) is 0.859. The largest absolute Gasteiger partial charge is 0.341 e. The van der Waals surface area contributed by atoms with Crippen molar-refractivity contribution in [3.05, 3.63) is 54.1 Å². The molecular weight excluding hydrogens is 348 g/mol. The highest BCUT2D eigenvalue weighted by Gasteiger charge is 2.43. The number of nitrogens with zero attached hydrogens (tertiary/aromatic N) is 6. The number of benzene rings is 1. The van der Waals surface area contributed by atoms with Crippen LogP contribution in [0.25, 0.3) is 11.0 Å². The van der Waals surface area contributed by atoms with Crippen LogP contribution in [0.5, 0.6) is 0 Å². The van der Waals surface area contributed by atoms with Gasteiger partial charge in [0.05, 0.1) is 22.4 Å². The van der Waals surface area contributed by atoms with Gasteiger partial charge in [-0.3, -0.25) is 4.90 Å². The molecule has 0 aliphatic carbocycles. The van der Waals surface area contributed by atoms with E-state index in [4.69, 9.17) is 9.97 Å². The fraction of sp³-hybridized carbons (Fsp3) is 0.455. The zero-order chi connectivity index (χ0) is 19.0. The average molecular weight is 374 g/mol. The molecule has 1 aromatic carbocycles. The first-order valence-electron chi connectivity index (χ1n) is 10.2. The number of fused-ring (bicyclic) bond motifs is 1. The van der Waals surface area contributed by atoms with Gasteiger partial charge in [-0.1, -0.05) is 12.1 Å². The SMILES string of the molecule is Cc1nc2ccccc2nc1CN1CCCC12CCN(c1ncccn1)CC2. The molecule has 2 aliphatic heterocycles. The Kier molecular flexibility index (Phi) is 4.43. The predicted octanol–water partition coefficient (Wildman–Crippen LogP) is 3.36. The molecule has 2 saturated heterocycles. The number of hydrogen-bond acceptors (Lipinski definition) is 6. The van der Waals surface area contributed by atoms with Crippen molar-refractivity contribution in [1.29, 1.82) is 0 Å². The van der Waals surface area contributed by atoms with Gasteiger partial charge in [0.15, 0.2) is 0 Å². The molecular formula is C22H26N6. The molecule has 0 bridgehead atoms. The lowest BCUT2D eigenvalue weighted by Crippen LogP contribution is -2.52. The second-order valence-electron chi connectivity index (χ2n) is 8.03. The van der Waals surface area contributed by atoms with Crippen molar-refractivity contribution in [2.24, 2.45) is 0 Å². The smallest absolute Gasteiger partial charge is 0.225 e. The first-order chi connectivity index (χ1) is 13.7. The summed E-state index contributed by atoms with van der Waals surface area (Å²) in [6.45, 7) is 6.17. The Bertz CT molecular complexity index is 965. The molecule has 0 saturated carbocycles. The zero-order valence-electron chi connectivity index (χ0n) is 16.4. The summed E-state index contributed by atoms with van der Waals surface area (Å²) in [5.41, 5.74) is 4.43. The Hall–Kier alpha value is -2.60. The third-order valence-corrected chi connectivity index (χ3v) is 6.45. The van der Waals surface area contributed by atoms with Gasteiger partial charge in [0.25, 0.3) is 0 Å². The van der Waals surface area contributed by atoms with Gasteiger partial charge >= 0.3 is 0 Å². The summed E-state index contributed by atoms with van der Waals surface area (Å²) in [6, 6.07) is 10.0. The van der Waals surface area contributed by atoms with E-state index in [0.29, 0.717) is 0 Å². The molecule has 5 rings (SSSR count). The van der Waals surface area contributed by atoms with Crippen molar-refractivity contribution in [2.45, 2.75) is 44.7 Å². The maximum Gasteiger partial charge on any atom is 0.225 e. The van der Waals surface area contributed by atoms with Crippen LogP contribution in [0.3, 0.4) is 0 Å². The molecule has 6 heteroatoms. The van der Waals surface area contributed by atoms with E-state index in [-0.39, 0.29) is 5.54 Å². The van der Waals surface area contributed by atoms with Crippen LogP contribution in [0.15, 0.2) is 42.7 Å². The zero-order valence-corrected chi connectivity index (χ0v) is 16.4. The minimum atomic E-state index is 0.283. The minimum Gasteiger partial charge on any atom is -0.341 e. The van der Waals surface area contributed by atoms with Crippen LogP contribution < -0.4 is 4.90 Å². The molecule has 0 amide bonds. The Labute approximate surface area is 165 Å². The third-order valence-electron chi connectivity index (χ3n) is 6.45. The number of para-hydroxylation sites is 2. The predicted molar refractivity (Wildman–Crippen MR) is 110 cm³/mol. The van der Waals surface area contributed by atoms with Gasteiger partial charge in [-0.15, -0.1) is 0 Å². The van der Waals surface area contributed by atoms with E-state index in [9.17, 15) is 0 Å². The third kappa shape index (κ3) is 3.11. The van der Waals surface area contributed by atoms with Crippen LogP contribution in [0.1, 0.15) is 37.1 Å². The van der Waals surface area contributed by atoms with Crippen molar-refractivity contribution in [3.8, 4) is 0 Å². The van der Waals surface area contributed by atoms with Crippen LogP contribution in [0.2, 0.25) is 0 Å². The lowest BCUT2D eigenvalue weighted by molar-refractivity contribution is 0.0979. The Morgan fingerprint density at radius 3 is 2.36 bits per heavy atom. The number of anilines is 1. The van der Waals surface area contributed by atoms with Crippen molar-refractivity contribution in [1.82, 2.24) is 24.8 Å². The number of aryl methyl sites for hydroxylation is 1. The molecule has 0 atom stereocenters. The lowest BCUT2D eigenvalue weighted by Gasteiger charge is -2.45. The summed E-state index contributed by atoms with van der Waals surface area (Å²) < 4.78 is 0. The van der Waals surface area contributed by atoms with Crippen molar-refractivity contribution >= 4 is 17.0 Å². The van der Waals surface area contributed by atoms with Gasteiger partial charge in [0, 0.05) is 37.6 Å². The highest BCUT2D eigenvalue weighted by Crippen LogP contribution is 2.40. The Balaban J connectivity index is 1.34. The van der Waals surface area contributed by atoms with E-state index < -0.39 is 0 Å². The highest BCUT2D eigenvalue weighted by atomic mass is 15.3. The average Bonchev–Trinajstić information content (AvgIpc) is 3.11. The molecule has 6 nitrogen and oxygen atoms in total. The van der Waals surface area contributed by atoms with E-state index >= 15 is 0 Å². The monoisotopic (exact) mass is 374 g/mol. The fourth-order valence-electron chi connectivity index (χ4n) is 4.84. The maximum absolute atomic E-state index is 4.94. The summed E-state index contributed by atoms with van der Waals surface area (Å²) in [4.78, 5) is 23.6. The quantitative estimate of drug-likeness (QED) is 0.701. The highest BCUT2D eigenvalue weighted by molar-refractivity contribution is 5.74. The van der Waals surface area contributed by atoms with E-state index in [1.54, 1.807) is 0 Å². The summed E-state index contributed by atoms with van der Waals surface area (Å²) in [7, 11) is 0. The van der Waals surface area contributed by atoms with E-state index in [0.717, 1.165) is 67.4 Å². The Morgan fingerprint density at radius 1 is 0.893 bits per heavy atom. The number of aromatic nitrogens is 4. The Morgan fingerprint density at radius 2 is 1.61 bits per heavy atom. The van der Waals surface area contributed by atoms with Crippen LogP contribution in [0.4, 0.5) is 5.95 Å². The molecule has 2 fully saturated rings. The second-order valence-corrected chi connectivity index (χ2v) is 8.03. The van der Waals surface area contributed by atoms with Crippen LogP contribution >= 0.6 is 0 Å². The molecule has 0 radical (unpaired) electrons. The molecule has 3 aromatic rings. The number of piperidine rings is 1. The lowest BCUT2D eigenvalue weighted by atomic mass is 9.85. The van der Waals surface area contributed by atoms with Gasteiger partial charge < -0.3 is 4.90 Å². The van der Waals surface area contributed by atoms with E-state index in [2.05, 4.69) is 32.8 Å². The second kappa shape index (κ2) is 7.09. The molecule has 0 unspecified atom stereocenters.